The van der Waals surface area contributed by atoms with E-state index in [1.54, 1.807) is 24.3 Å². The number of halogens is 2. The van der Waals surface area contributed by atoms with Gasteiger partial charge in [-0.05, 0) is 35.9 Å². The monoisotopic (exact) mass is 308 g/mol. The fraction of sp³-hybridized carbons (Fsp3) is 0.133. The van der Waals surface area contributed by atoms with Crippen LogP contribution in [-0.4, -0.2) is 17.6 Å². The lowest BCUT2D eigenvalue weighted by Gasteiger charge is -2.09. The second-order valence-corrected chi connectivity index (χ2v) is 4.80. The van der Waals surface area contributed by atoms with Crippen LogP contribution in [0, 0.1) is 5.82 Å². The van der Waals surface area contributed by atoms with E-state index in [4.69, 9.17) is 16.7 Å². The molecule has 0 atom stereocenters. The van der Waals surface area contributed by atoms with E-state index in [0.717, 1.165) is 11.3 Å². The van der Waals surface area contributed by atoms with Crippen LogP contribution in [0.1, 0.15) is 5.56 Å². The molecule has 6 heteroatoms. The van der Waals surface area contributed by atoms with Crippen LogP contribution in [0.25, 0.3) is 0 Å². The minimum Gasteiger partial charge on any atom is -0.387 e. The molecule has 4 nitrogen and oxygen atoms in total. The maximum absolute atomic E-state index is 13.3. The van der Waals surface area contributed by atoms with E-state index in [9.17, 15) is 9.18 Å². The van der Waals surface area contributed by atoms with Crippen LogP contribution in [-0.2, 0) is 11.3 Å². The van der Waals surface area contributed by atoms with Gasteiger partial charge in [-0.25, -0.2) is 4.39 Å². The van der Waals surface area contributed by atoms with Gasteiger partial charge in [-0.1, -0.05) is 23.7 Å². The Kier molecular flexibility index (Phi) is 5.14. The van der Waals surface area contributed by atoms with Crippen LogP contribution in [0.4, 0.5) is 15.8 Å². The lowest BCUT2D eigenvalue weighted by atomic mass is 10.2. The van der Waals surface area contributed by atoms with Gasteiger partial charge in [0, 0.05) is 17.9 Å². The number of aliphatic hydroxyl groups excluding tert-OH is 1. The number of hydrogen-bond donors (Lipinski definition) is 3. The van der Waals surface area contributed by atoms with Crippen molar-refractivity contribution in [2.45, 2.75) is 6.54 Å². The summed E-state index contributed by atoms with van der Waals surface area (Å²) in [6.07, 6.45) is 0. The predicted octanol–water partition coefficient (Wildman–Crippen LogP) is 3.02. The quantitative estimate of drug-likeness (QED) is 0.795. The Bertz CT molecular complexity index is 649. The first-order chi connectivity index (χ1) is 10.1. The molecule has 3 N–H and O–H groups in total. The first-order valence-electron chi connectivity index (χ1n) is 6.27. The number of anilines is 2. The van der Waals surface area contributed by atoms with Crippen molar-refractivity contribution in [1.82, 2.24) is 0 Å². The summed E-state index contributed by atoms with van der Waals surface area (Å²) in [5.41, 5.74) is 2.09. The summed E-state index contributed by atoms with van der Waals surface area (Å²) in [6.45, 7) is -0.146. The molecule has 0 aromatic heterocycles. The summed E-state index contributed by atoms with van der Waals surface area (Å²) in [7, 11) is 0. The minimum atomic E-state index is -0.568. The third-order valence-corrected chi connectivity index (χ3v) is 3.08. The lowest BCUT2D eigenvalue weighted by Crippen LogP contribution is -2.15. The fourth-order valence-corrected chi connectivity index (χ4v) is 1.88. The molecule has 0 aliphatic carbocycles. The number of benzene rings is 2. The molecule has 0 fully saturated rings. The van der Waals surface area contributed by atoms with Gasteiger partial charge in [0.2, 0.25) is 5.91 Å². The summed E-state index contributed by atoms with van der Waals surface area (Å²) in [6, 6.07) is 11.6. The van der Waals surface area contributed by atoms with Gasteiger partial charge in [0.05, 0.1) is 5.02 Å². The fourth-order valence-electron chi connectivity index (χ4n) is 1.76. The summed E-state index contributed by atoms with van der Waals surface area (Å²) in [5.74, 6) is -0.938. The molecular weight excluding hydrogens is 295 g/mol. The van der Waals surface area contributed by atoms with Crippen LogP contribution < -0.4 is 10.6 Å². The van der Waals surface area contributed by atoms with Crippen LogP contribution in [0.5, 0.6) is 0 Å². The first-order valence-corrected chi connectivity index (χ1v) is 6.65. The van der Waals surface area contributed by atoms with Crippen LogP contribution in [0.3, 0.4) is 0 Å². The van der Waals surface area contributed by atoms with E-state index in [-0.39, 0.29) is 5.02 Å². The maximum atomic E-state index is 13.3. The van der Waals surface area contributed by atoms with E-state index in [0.29, 0.717) is 12.2 Å². The SMILES string of the molecule is O=C(CO)Nc1cccc(NCc2ccc(Cl)c(F)c2)c1. The Morgan fingerprint density at radius 1 is 1.19 bits per heavy atom. The molecule has 0 heterocycles. The van der Waals surface area contributed by atoms with Crippen molar-refractivity contribution in [3.8, 4) is 0 Å². The average molecular weight is 309 g/mol. The third-order valence-electron chi connectivity index (χ3n) is 2.77. The molecule has 110 valence electrons. The predicted molar refractivity (Wildman–Crippen MR) is 80.9 cm³/mol. The molecule has 0 saturated carbocycles. The van der Waals surface area contributed by atoms with Crippen LogP contribution in [0.15, 0.2) is 42.5 Å². The highest BCUT2D eigenvalue weighted by Crippen LogP contribution is 2.18. The molecule has 0 spiro atoms. The number of carbonyl (C=O) groups excluding carboxylic acids is 1. The van der Waals surface area contributed by atoms with Gasteiger partial charge in [-0.15, -0.1) is 0 Å². The molecule has 1 amide bonds. The van der Waals surface area contributed by atoms with Crippen molar-refractivity contribution >= 4 is 28.9 Å². The average Bonchev–Trinajstić information content (AvgIpc) is 2.49. The van der Waals surface area contributed by atoms with E-state index in [1.165, 1.54) is 12.1 Å². The minimum absolute atomic E-state index is 0.0902. The second kappa shape index (κ2) is 7.06. The van der Waals surface area contributed by atoms with E-state index >= 15 is 0 Å². The standard InChI is InChI=1S/C15H14ClFN2O2/c16-13-5-4-10(6-14(13)17)8-18-11-2-1-3-12(7-11)19-15(21)9-20/h1-7,18,20H,8-9H2,(H,19,21). The Morgan fingerprint density at radius 3 is 2.67 bits per heavy atom. The largest absolute Gasteiger partial charge is 0.387 e. The van der Waals surface area contributed by atoms with E-state index < -0.39 is 18.3 Å². The topological polar surface area (TPSA) is 61.4 Å². The van der Waals surface area contributed by atoms with Gasteiger partial charge in [-0.3, -0.25) is 4.79 Å². The zero-order valence-corrected chi connectivity index (χ0v) is 11.8. The molecule has 0 unspecified atom stereocenters. The molecule has 2 rings (SSSR count). The highest BCUT2D eigenvalue weighted by Gasteiger charge is 2.03. The number of amides is 1. The Balaban J connectivity index is 2.01. The van der Waals surface area contributed by atoms with Gasteiger partial charge in [-0.2, -0.15) is 0 Å². The number of carbonyl (C=O) groups is 1. The van der Waals surface area contributed by atoms with Crippen LogP contribution >= 0.6 is 11.6 Å². The Labute approximate surface area is 126 Å². The summed E-state index contributed by atoms with van der Waals surface area (Å²) in [5, 5.41) is 14.4. The normalized spacial score (nSPS) is 10.2. The van der Waals surface area contributed by atoms with Gasteiger partial charge in [0.15, 0.2) is 0 Å². The van der Waals surface area contributed by atoms with Crippen molar-refractivity contribution in [3.63, 3.8) is 0 Å². The smallest absolute Gasteiger partial charge is 0.250 e. The first kappa shape index (κ1) is 15.3. The van der Waals surface area contributed by atoms with Crippen molar-refractivity contribution in [2.24, 2.45) is 0 Å². The second-order valence-electron chi connectivity index (χ2n) is 4.39. The molecule has 0 aliphatic heterocycles. The van der Waals surface area contributed by atoms with Gasteiger partial charge >= 0.3 is 0 Å². The third kappa shape index (κ3) is 4.44. The molecule has 2 aromatic rings. The molecular formula is C15H14ClFN2O2. The van der Waals surface area contributed by atoms with Crippen molar-refractivity contribution in [1.29, 1.82) is 0 Å². The van der Waals surface area contributed by atoms with E-state index in [2.05, 4.69) is 10.6 Å². The van der Waals surface area contributed by atoms with Crippen LogP contribution in [0.2, 0.25) is 5.02 Å². The summed E-state index contributed by atoms with van der Waals surface area (Å²) >= 11 is 5.62. The lowest BCUT2D eigenvalue weighted by molar-refractivity contribution is -0.118. The van der Waals surface area contributed by atoms with Gasteiger partial charge < -0.3 is 15.7 Å². The highest BCUT2D eigenvalue weighted by molar-refractivity contribution is 6.30. The molecule has 0 aliphatic rings. The molecule has 0 bridgehead atoms. The van der Waals surface area contributed by atoms with Crippen molar-refractivity contribution in [2.75, 3.05) is 17.2 Å². The zero-order chi connectivity index (χ0) is 15.2. The van der Waals surface area contributed by atoms with Gasteiger partial charge in [0.25, 0.3) is 0 Å². The van der Waals surface area contributed by atoms with Gasteiger partial charge in [0.1, 0.15) is 12.4 Å². The number of rotatable bonds is 5. The number of nitrogens with one attached hydrogen (secondary N) is 2. The summed E-state index contributed by atoms with van der Waals surface area (Å²) in [4.78, 5) is 11.1. The number of aliphatic hydroxyl groups is 1. The Hall–Kier alpha value is -2.11. The molecule has 0 saturated heterocycles. The zero-order valence-electron chi connectivity index (χ0n) is 11.1. The van der Waals surface area contributed by atoms with Crippen molar-refractivity contribution in [3.05, 3.63) is 58.9 Å². The Morgan fingerprint density at radius 2 is 1.95 bits per heavy atom. The maximum Gasteiger partial charge on any atom is 0.250 e. The molecule has 0 radical (unpaired) electrons. The molecule has 2 aromatic carbocycles. The van der Waals surface area contributed by atoms with Crippen molar-refractivity contribution < 1.29 is 14.3 Å². The molecule has 21 heavy (non-hydrogen) atoms. The number of hydrogen-bond acceptors (Lipinski definition) is 3. The summed E-state index contributed by atoms with van der Waals surface area (Å²) < 4.78 is 13.3. The van der Waals surface area contributed by atoms with E-state index in [1.807, 2.05) is 6.07 Å². The highest BCUT2D eigenvalue weighted by atomic mass is 35.5.